The monoisotopic (exact) mass is 296 g/mol. The Morgan fingerprint density at radius 2 is 2.00 bits per heavy atom. The van der Waals surface area contributed by atoms with Crippen LogP contribution in [0.3, 0.4) is 0 Å². The van der Waals surface area contributed by atoms with Crippen molar-refractivity contribution in [3.63, 3.8) is 0 Å². The highest BCUT2D eigenvalue weighted by molar-refractivity contribution is 7.88. The SMILES string of the molecule is CCN(CCCNCC(O)COC(C)C)S(C)(=O)=O. The van der Waals surface area contributed by atoms with Crippen molar-refractivity contribution in [2.24, 2.45) is 0 Å². The molecule has 0 aliphatic heterocycles. The summed E-state index contributed by atoms with van der Waals surface area (Å²) in [6.45, 7) is 8.10. The molecule has 0 aromatic carbocycles. The fourth-order valence-corrected chi connectivity index (χ4v) is 2.50. The summed E-state index contributed by atoms with van der Waals surface area (Å²) in [6, 6.07) is 0. The molecule has 0 rings (SSSR count). The van der Waals surface area contributed by atoms with Gasteiger partial charge in [0.05, 0.1) is 25.1 Å². The highest BCUT2D eigenvalue weighted by Crippen LogP contribution is 1.98. The Bertz CT molecular complexity index is 320. The number of aliphatic hydroxyl groups is 1. The largest absolute Gasteiger partial charge is 0.389 e. The highest BCUT2D eigenvalue weighted by Gasteiger charge is 2.13. The van der Waals surface area contributed by atoms with Gasteiger partial charge in [0.15, 0.2) is 0 Å². The van der Waals surface area contributed by atoms with Gasteiger partial charge in [-0.25, -0.2) is 12.7 Å². The number of rotatable bonds is 11. The summed E-state index contributed by atoms with van der Waals surface area (Å²) in [5.74, 6) is 0. The normalized spacial score (nSPS) is 14.3. The lowest BCUT2D eigenvalue weighted by Crippen LogP contribution is -2.35. The molecule has 6 nitrogen and oxygen atoms in total. The third-order valence-electron chi connectivity index (χ3n) is 2.58. The molecule has 0 amide bonds. The average Bonchev–Trinajstić information content (AvgIpc) is 2.29. The summed E-state index contributed by atoms with van der Waals surface area (Å²) in [5.41, 5.74) is 0. The van der Waals surface area contributed by atoms with Gasteiger partial charge in [0.1, 0.15) is 0 Å². The van der Waals surface area contributed by atoms with Crippen LogP contribution in [-0.4, -0.2) is 69.1 Å². The molecule has 1 atom stereocenters. The number of hydrogen-bond acceptors (Lipinski definition) is 5. The van der Waals surface area contributed by atoms with Gasteiger partial charge in [0.2, 0.25) is 10.0 Å². The van der Waals surface area contributed by atoms with E-state index >= 15 is 0 Å². The third-order valence-corrected chi connectivity index (χ3v) is 3.96. The molecule has 19 heavy (non-hydrogen) atoms. The molecule has 116 valence electrons. The van der Waals surface area contributed by atoms with Crippen molar-refractivity contribution in [3.05, 3.63) is 0 Å². The quantitative estimate of drug-likeness (QED) is 0.526. The van der Waals surface area contributed by atoms with Crippen LogP contribution in [0.25, 0.3) is 0 Å². The van der Waals surface area contributed by atoms with E-state index in [-0.39, 0.29) is 6.10 Å². The average molecular weight is 296 g/mol. The fourth-order valence-electron chi connectivity index (χ4n) is 1.57. The first-order chi connectivity index (χ1) is 8.77. The van der Waals surface area contributed by atoms with Crippen LogP contribution < -0.4 is 5.32 Å². The van der Waals surface area contributed by atoms with E-state index in [0.29, 0.717) is 32.8 Å². The summed E-state index contributed by atoms with van der Waals surface area (Å²) in [5, 5.41) is 12.7. The van der Waals surface area contributed by atoms with Crippen LogP contribution >= 0.6 is 0 Å². The maximum absolute atomic E-state index is 11.3. The van der Waals surface area contributed by atoms with Crippen LogP contribution in [0.15, 0.2) is 0 Å². The standard InChI is InChI=1S/C12H28N2O4S/c1-5-14(19(4,16)17)8-6-7-13-9-12(15)10-18-11(2)3/h11-13,15H,5-10H2,1-4H3. The van der Waals surface area contributed by atoms with Crippen molar-refractivity contribution in [1.29, 1.82) is 0 Å². The van der Waals surface area contributed by atoms with Crippen molar-refractivity contribution < 1.29 is 18.3 Å². The van der Waals surface area contributed by atoms with Gasteiger partial charge in [-0.15, -0.1) is 0 Å². The zero-order valence-corrected chi connectivity index (χ0v) is 13.2. The topological polar surface area (TPSA) is 78.9 Å². The van der Waals surface area contributed by atoms with Crippen LogP contribution in [0.2, 0.25) is 0 Å². The Morgan fingerprint density at radius 1 is 1.37 bits per heavy atom. The highest BCUT2D eigenvalue weighted by atomic mass is 32.2. The molecule has 0 bridgehead atoms. The number of aliphatic hydroxyl groups excluding tert-OH is 1. The molecular weight excluding hydrogens is 268 g/mol. The molecule has 0 radical (unpaired) electrons. The zero-order valence-electron chi connectivity index (χ0n) is 12.4. The Labute approximate surface area is 117 Å². The van der Waals surface area contributed by atoms with Gasteiger partial charge in [-0.1, -0.05) is 6.92 Å². The Balaban J connectivity index is 3.64. The molecule has 0 aromatic rings. The van der Waals surface area contributed by atoms with Gasteiger partial charge in [0.25, 0.3) is 0 Å². The van der Waals surface area contributed by atoms with Crippen LogP contribution in [0.4, 0.5) is 0 Å². The second-order valence-corrected chi connectivity index (χ2v) is 6.83. The van der Waals surface area contributed by atoms with Crippen molar-refractivity contribution >= 4 is 10.0 Å². The van der Waals surface area contributed by atoms with Gasteiger partial charge in [0, 0.05) is 19.6 Å². The number of nitrogens with zero attached hydrogens (tertiary/aromatic N) is 1. The van der Waals surface area contributed by atoms with Crippen LogP contribution in [-0.2, 0) is 14.8 Å². The third kappa shape index (κ3) is 10.3. The first-order valence-electron chi connectivity index (χ1n) is 6.72. The van der Waals surface area contributed by atoms with Crippen molar-refractivity contribution in [2.45, 2.75) is 39.4 Å². The molecule has 0 aliphatic carbocycles. The second-order valence-electron chi connectivity index (χ2n) is 4.85. The predicted molar refractivity (Wildman–Crippen MR) is 76.7 cm³/mol. The number of nitrogens with one attached hydrogen (secondary N) is 1. The van der Waals surface area contributed by atoms with Gasteiger partial charge >= 0.3 is 0 Å². The lowest BCUT2D eigenvalue weighted by atomic mass is 10.3. The van der Waals surface area contributed by atoms with Crippen molar-refractivity contribution in [2.75, 3.05) is 39.0 Å². The maximum Gasteiger partial charge on any atom is 0.211 e. The second kappa shape index (κ2) is 9.66. The van der Waals surface area contributed by atoms with E-state index in [4.69, 9.17) is 4.74 Å². The first-order valence-corrected chi connectivity index (χ1v) is 8.57. The molecule has 0 aliphatic rings. The molecule has 0 spiro atoms. The predicted octanol–water partition coefficient (Wildman–Crippen LogP) is 0.0335. The Kier molecular flexibility index (Phi) is 9.55. The molecule has 0 saturated carbocycles. The molecule has 0 fully saturated rings. The van der Waals surface area contributed by atoms with E-state index in [0.717, 1.165) is 6.42 Å². The molecular formula is C12H28N2O4S. The summed E-state index contributed by atoms with van der Waals surface area (Å²) in [4.78, 5) is 0. The van der Waals surface area contributed by atoms with E-state index < -0.39 is 16.1 Å². The molecule has 1 unspecified atom stereocenters. The minimum Gasteiger partial charge on any atom is -0.389 e. The lowest BCUT2D eigenvalue weighted by molar-refractivity contribution is 0.00645. The number of sulfonamides is 1. The first kappa shape index (κ1) is 18.8. The Morgan fingerprint density at radius 3 is 2.47 bits per heavy atom. The smallest absolute Gasteiger partial charge is 0.211 e. The molecule has 0 saturated heterocycles. The van der Waals surface area contributed by atoms with E-state index in [1.807, 2.05) is 20.8 Å². The van der Waals surface area contributed by atoms with Crippen molar-refractivity contribution in [3.8, 4) is 0 Å². The minimum absolute atomic E-state index is 0.113. The Hall–Kier alpha value is -0.210. The molecule has 7 heteroatoms. The molecule has 0 aromatic heterocycles. The number of hydrogen-bond donors (Lipinski definition) is 2. The van der Waals surface area contributed by atoms with E-state index in [2.05, 4.69) is 5.32 Å². The number of ether oxygens (including phenoxy) is 1. The van der Waals surface area contributed by atoms with E-state index in [1.54, 1.807) is 0 Å². The maximum atomic E-state index is 11.3. The van der Waals surface area contributed by atoms with E-state index in [1.165, 1.54) is 10.6 Å². The molecule has 0 heterocycles. The van der Waals surface area contributed by atoms with Crippen LogP contribution in [0.1, 0.15) is 27.2 Å². The van der Waals surface area contributed by atoms with Gasteiger partial charge < -0.3 is 15.2 Å². The van der Waals surface area contributed by atoms with Crippen LogP contribution in [0.5, 0.6) is 0 Å². The van der Waals surface area contributed by atoms with Gasteiger partial charge in [-0.05, 0) is 26.8 Å². The summed E-state index contributed by atoms with van der Waals surface area (Å²) < 4.78 is 29.4. The fraction of sp³-hybridized carbons (Fsp3) is 1.00. The minimum atomic E-state index is -3.10. The van der Waals surface area contributed by atoms with Gasteiger partial charge in [-0.3, -0.25) is 0 Å². The summed E-state index contributed by atoms with van der Waals surface area (Å²) in [7, 11) is -3.10. The van der Waals surface area contributed by atoms with Gasteiger partial charge in [-0.2, -0.15) is 0 Å². The lowest BCUT2D eigenvalue weighted by Gasteiger charge is -2.18. The van der Waals surface area contributed by atoms with E-state index in [9.17, 15) is 13.5 Å². The summed E-state index contributed by atoms with van der Waals surface area (Å²) >= 11 is 0. The van der Waals surface area contributed by atoms with Crippen molar-refractivity contribution in [1.82, 2.24) is 9.62 Å². The zero-order chi connectivity index (χ0) is 14.9. The molecule has 2 N–H and O–H groups in total. The van der Waals surface area contributed by atoms with Crippen LogP contribution in [0, 0.1) is 0 Å². The summed E-state index contributed by atoms with van der Waals surface area (Å²) in [6.07, 6.45) is 1.53.